The van der Waals surface area contributed by atoms with E-state index in [1.807, 2.05) is 30.0 Å². The Bertz CT molecular complexity index is 1120. The summed E-state index contributed by atoms with van der Waals surface area (Å²) in [5.41, 5.74) is 7.49. The number of aromatic nitrogens is 4. The summed E-state index contributed by atoms with van der Waals surface area (Å²) in [6.07, 6.45) is 5.87. The molecule has 7 heteroatoms. The van der Waals surface area contributed by atoms with Gasteiger partial charge in [-0.3, -0.25) is 19.2 Å². The summed E-state index contributed by atoms with van der Waals surface area (Å²) in [5.74, 6) is 0. The highest BCUT2D eigenvalue weighted by atomic mass is 32.1. The van der Waals surface area contributed by atoms with E-state index in [4.69, 9.17) is 4.98 Å². The maximum absolute atomic E-state index is 4.99. The van der Waals surface area contributed by atoms with Crippen LogP contribution in [0.15, 0.2) is 54.4 Å². The Balaban J connectivity index is 1.45. The number of thiazole rings is 1. The number of likely N-dealkylation sites (N-methyl/N-ethyl adjacent to an activating group) is 1. The Labute approximate surface area is 174 Å². The smallest absolute Gasteiger partial charge is 0.137 e. The minimum atomic E-state index is 0.280. The van der Waals surface area contributed by atoms with Crippen LogP contribution in [0.2, 0.25) is 0 Å². The molecule has 1 aliphatic heterocycles. The van der Waals surface area contributed by atoms with Gasteiger partial charge in [0.1, 0.15) is 5.65 Å². The topological polar surface area (TPSA) is 49.6 Å². The number of hydrogen-bond acceptors (Lipinski definition) is 6. The molecule has 1 saturated heterocycles. The molecule has 1 fully saturated rings. The Morgan fingerprint density at radius 1 is 1.14 bits per heavy atom. The van der Waals surface area contributed by atoms with Gasteiger partial charge < -0.3 is 0 Å². The van der Waals surface area contributed by atoms with Crippen molar-refractivity contribution in [1.29, 1.82) is 0 Å². The molecule has 0 bridgehead atoms. The van der Waals surface area contributed by atoms with E-state index in [-0.39, 0.29) is 6.04 Å². The van der Waals surface area contributed by atoms with Crippen LogP contribution < -0.4 is 0 Å². The van der Waals surface area contributed by atoms with Gasteiger partial charge >= 0.3 is 0 Å². The third kappa shape index (κ3) is 3.57. The Hall–Kier alpha value is -2.61. The van der Waals surface area contributed by atoms with Gasteiger partial charge in [0.05, 0.1) is 28.6 Å². The van der Waals surface area contributed by atoms with Crippen LogP contribution >= 0.6 is 11.3 Å². The largest absolute Gasteiger partial charge is 0.299 e. The predicted octanol–water partition coefficient (Wildman–Crippen LogP) is 3.65. The number of aryl methyl sites for hydroxylation is 1. The fourth-order valence-corrected chi connectivity index (χ4v) is 4.84. The molecule has 29 heavy (non-hydrogen) atoms. The zero-order valence-electron chi connectivity index (χ0n) is 16.7. The van der Waals surface area contributed by atoms with E-state index in [0.717, 1.165) is 54.5 Å². The zero-order chi connectivity index (χ0) is 19.8. The van der Waals surface area contributed by atoms with Crippen molar-refractivity contribution in [2.45, 2.75) is 19.5 Å². The molecule has 148 valence electrons. The lowest BCUT2D eigenvalue weighted by Crippen LogP contribution is -2.46. The van der Waals surface area contributed by atoms with E-state index in [2.05, 4.69) is 62.5 Å². The van der Waals surface area contributed by atoms with E-state index in [1.165, 1.54) is 4.88 Å². The molecule has 0 saturated carbocycles. The van der Waals surface area contributed by atoms with Crippen molar-refractivity contribution in [1.82, 2.24) is 29.2 Å². The van der Waals surface area contributed by atoms with Crippen molar-refractivity contribution >= 4 is 17.0 Å². The molecule has 1 aliphatic rings. The van der Waals surface area contributed by atoms with Crippen LogP contribution in [-0.4, -0.2) is 55.8 Å². The van der Waals surface area contributed by atoms with Gasteiger partial charge in [0.15, 0.2) is 0 Å². The highest BCUT2D eigenvalue weighted by Gasteiger charge is 2.28. The van der Waals surface area contributed by atoms with Crippen molar-refractivity contribution in [3.63, 3.8) is 0 Å². The number of imidazole rings is 1. The van der Waals surface area contributed by atoms with Gasteiger partial charge in [-0.2, -0.15) is 0 Å². The molecular weight excluding hydrogens is 380 g/mol. The van der Waals surface area contributed by atoms with Gasteiger partial charge in [0.2, 0.25) is 0 Å². The normalized spacial score (nSPS) is 18.5. The monoisotopic (exact) mass is 404 g/mol. The summed E-state index contributed by atoms with van der Waals surface area (Å²) in [6.45, 7) is 6.15. The van der Waals surface area contributed by atoms with Crippen LogP contribution in [0.5, 0.6) is 0 Å². The summed E-state index contributed by atoms with van der Waals surface area (Å²) in [6, 6.07) is 10.7. The average molecular weight is 405 g/mol. The molecule has 5 heterocycles. The Kier molecular flexibility index (Phi) is 4.87. The number of nitrogens with zero attached hydrogens (tertiary/aromatic N) is 6. The quantitative estimate of drug-likeness (QED) is 0.520. The number of piperazine rings is 1. The summed E-state index contributed by atoms with van der Waals surface area (Å²) in [5, 5.41) is 0. The zero-order valence-corrected chi connectivity index (χ0v) is 17.5. The molecular formula is C22H24N6S. The first-order valence-corrected chi connectivity index (χ1v) is 10.8. The third-order valence-electron chi connectivity index (χ3n) is 5.77. The predicted molar refractivity (Wildman–Crippen MR) is 116 cm³/mol. The van der Waals surface area contributed by atoms with E-state index >= 15 is 0 Å². The highest BCUT2D eigenvalue weighted by Crippen LogP contribution is 2.28. The number of fused-ring (bicyclic) bond motifs is 1. The summed E-state index contributed by atoms with van der Waals surface area (Å²) < 4.78 is 2.20. The second-order valence-corrected chi connectivity index (χ2v) is 8.57. The SMILES string of the molecule is Cc1ncsc1CN1CCN(C)[C@H](c2cn3c(-c4ccncc4)cccc3n2)C1. The van der Waals surface area contributed by atoms with Gasteiger partial charge in [-0.25, -0.2) is 9.97 Å². The van der Waals surface area contributed by atoms with Crippen molar-refractivity contribution < 1.29 is 0 Å². The van der Waals surface area contributed by atoms with Crippen molar-refractivity contribution in [3.05, 3.63) is 70.7 Å². The van der Waals surface area contributed by atoms with Crippen LogP contribution in [0.1, 0.15) is 22.3 Å². The highest BCUT2D eigenvalue weighted by molar-refractivity contribution is 7.09. The molecule has 1 atom stereocenters. The first-order valence-electron chi connectivity index (χ1n) is 9.89. The molecule has 4 aromatic heterocycles. The molecule has 4 aromatic rings. The molecule has 0 radical (unpaired) electrons. The van der Waals surface area contributed by atoms with Crippen LogP contribution in [-0.2, 0) is 6.54 Å². The molecule has 0 amide bonds. The minimum Gasteiger partial charge on any atom is -0.299 e. The van der Waals surface area contributed by atoms with E-state index in [9.17, 15) is 0 Å². The molecule has 0 aliphatic carbocycles. The van der Waals surface area contributed by atoms with Crippen LogP contribution in [0.3, 0.4) is 0 Å². The van der Waals surface area contributed by atoms with Crippen LogP contribution in [0.25, 0.3) is 16.9 Å². The first-order chi connectivity index (χ1) is 14.2. The Morgan fingerprint density at radius 2 is 2.00 bits per heavy atom. The molecule has 0 aromatic carbocycles. The lowest BCUT2D eigenvalue weighted by Gasteiger charge is -2.38. The second-order valence-electron chi connectivity index (χ2n) is 7.63. The van der Waals surface area contributed by atoms with Crippen molar-refractivity contribution in [3.8, 4) is 11.3 Å². The average Bonchev–Trinajstić information content (AvgIpc) is 3.36. The first kappa shape index (κ1) is 18.4. The third-order valence-corrected chi connectivity index (χ3v) is 6.69. The van der Waals surface area contributed by atoms with E-state index < -0.39 is 0 Å². The summed E-state index contributed by atoms with van der Waals surface area (Å²) >= 11 is 1.75. The fourth-order valence-electron chi connectivity index (χ4n) is 4.02. The lowest BCUT2D eigenvalue weighted by molar-refractivity contribution is 0.0891. The van der Waals surface area contributed by atoms with E-state index in [0.29, 0.717) is 0 Å². The van der Waals surface area contributed by atoms with Crippen molar-refractivity contribution in [2.24, 2.45) is 0 Å². The molecule has 5 rings (SSSR count). The van der Waals surface area contributed by atoms with E-state index in [1.54, 1.807) is 11.3 Å². The molecule has 0 unspecified atom stereocenters. The molecule has 0 N–H and O–H groups in total. The molecule has 6 nitrogen and oxygen atoms in total. The van der Waals surface area contributed by atoms with Gasteiger partial charge in [-0.15, -0.1) is 11.3 Å². The second kappa shape index (κ2) is 7.67. The van der Waals surface area contributed by atoms with Gasteiger partial charge in [-0.1, -0.05) is 6.07 Å². The molecule has 0 spiro atoms. The van der Waals surface area contributed by atoms with Gasteiger partial charge in [0, 0.05) is 55.2 Å². The standard InChI is InChI=1S/C22H24N6S/c1-16-21(29-15-24-16)14-27-11-10-26(2)20(13-27)18-12-28-19(4-3-5-22(28)25-18)17-6-8-23-9-7-17/h3-9,12,15,20H,10-11,13-14H2,1-2H3/t20-/m0/s1. The fraction of sp³-hybridized carbons (Fsp3) is 0.318. The number of hydrogen-bond donors (Lipinski definition) is 0. The summed E-state index contributed by atoms with van der Waals surface area (Å²) in [4.78, 5) is 19.8. The number of rotatable bonds is 4. The maximum atomic E-state index is 4.99. The van der Waals surface area contributed by atoms with Crippen LogP contribution in [0, 0.1) is 6.92 Å². The van der Waals surface area contributed by atoms with Gasteiger partial charge in [0.25, 0.3) is 0 Å². The number of pyridine rings is 2. The summed E-state index contributed by atoms with van der Waals surface area (Å²) in [7, 11) is 2.20. The minimum absolute atomic E-state index is 0.280. The van der Waals surface area contributed by atoms with Crippen molar-refractivity contribution in [2.75, 3.05) is 26.7 Å². The Morgan fingerprint density at radius 3 is 2.79 bits per heavy atom. The maximum Gasteiger partial charge on any atom is 0.137 e. The van der Waals surface area contributed by atoms with Crippen LogP contribution in [0.4, 0.5) is 0 Å². The lowest BCUT2D eigenvalue weighted by atomic mass is 10.1. The van der Waals surface area contributed by atoms with Gasteiger partial charge in [-0.05, 0) is 38.2 Å².